The van der Waals surface area contributed by atoms with Gasteiger partial charge in [-0.1, -0.05) is 12.1 Å². The van der Waals surface area contributed by atoms with Crippen molar-refractivity contribution in [3.63, 3.8) is 0 Å². The zero-order valence-corrected chi connectivity index (χ0v) is 16.3. The van der Waals surface area contributed by atoms with Crippen LogP contribution in [0.1, 0.15) is 10.4 Å². The molecule has 6 nitrogen and oxygen atoms in total. The number of alkyl halides is 2. The standard InChI is InChI=1S/C19H13F2N3O3S2/c20-18(21)29(26,27)15-7-3-13(4-8-15)17(25)22-14-5-1-12(2-6-14)16-11-24-9-10-28-19(24)23-16/h1-11,18H,(H,22,25). The molecule has 10 heteroatoms. The number of amides is 1. The highest BCUT2D eigenvalue weighted by molar-refractivity contribution is 7.91. The quantitative estimate of drug-likeness (QED) is 0.509. The number of hydrogen-bond acceptors (Lipinski definition) is 5. The maximum atomic E-state index is 12.6. The normalized spacial score (nSPS) is 11.8. The molecule has 0 radical (unpaired) electrons. The fourth-order valence-corrected chi connectivity index (χ4v) is 4.11. The van der Waals surface area contributed by atoms with E-state index in [-0.39, 0.29) is 5.56 Å². The van der Waals surface area contributed by atoms with E-state index in [0.29, 0.717) is 5.69 Å². The number of hydrogen-bond donors (Lipinski definition) is 1. The van der Waals surface area contributed by atoms with Crippen molar-refractivity contribution in [2.45, 2.75) is 10.7 Å². The summed E-state index contributed by atoms with van der Waals surface area (Å²) in [4.78, 5) is 17.2. The van der Waals surface area contributed by atoms with Gasteiger partial charge in [0.1, 0.15) is 0 Å². The molecule has 0 aliphatic heterocycles. The number of thiazole rings is 1. The van der Waals surface area contributed by atoms with E-state index in [0.717, 1.165) is 28.4 Å². The second-order valence-electron chi connectivity index (χ2n) is 6.08. The number of carbonyl (C=O) groups excluding carboxylic acids is 1. The molecule has 2 heterocycles. The van der Waals surface area contributed by atoms with Gasteiger partial charge in [-0.15, -0.1) is 11.3 Å². The van der Waals surface area contributed by atoms with Crippen molar-refractivity contribution < 1.29 is 22.0 Å². The van der Waals surface area contributed by atoms with E-state index in [4.69, 9.17) is 0 Å². The van der Waals surface area contributed by atoms with Gasteiger partial charge in [0.05, 0.1) is 10.6 Å². The van der Waals surface area contributed by atoms with E-state index in [9.17, 15) is 22.0 Å². The van der Waals surface area contributed by atoms with E-state index in [1.807, 2.05) is 34.3 Å². The summed E-state index contributed by atoms with van der Waals surface area (Å²) < 4.78 is 49.9. The van der Waals surface area contributed by atoms with Gasteiger partial charge in [0, 0.05) is 34.6 Å². The molecule has 0 saturated heterocycles. The molecule has 0 aliphatic rings. The van der Waals surface area contributed by atoms with Crippen LogP contribution in [0.3, 0.4) is 0 Å². The largest absolute Gasteiger partial charge is 0.341 e. The van der Waals surface area contributed by atoms with Crippen molar-refractivity contribution in [2.75, 3.05) is 5.32 Å². The number of halogens is 2. The summed E-state index contributed by atoms with van der Waals surface area (Å²) in [7, 11) is -4.69. The molecule has 1 N–H and O–H groups in total. The lowest BCUT2D eigenvalue weighted by molar-refractivity contribution is 0.102. The second kappa shape index (κ2) is 7.37. The molecule has 0 unspecified atom stereocenters. The van der Waals surface area contributed by atoms with Crippen molar-refractivity contribution in [1.29, 1.82) is 0 Å². The highest BCUT2D eigenvalue weighted by Gasteiger charge is 2.26. The number of sulfone groups is 1. The Morgan fingerprint density at radius 3 is 2.38 bits per heavy atom. The maximum Gasteiger partial charge on any atom is 0.341 e. The first-order valence-electron chi connectivity index (χ1n) is 8.31. The Morgan fingerprint density at radius 1 is 1.07 bits per heavy atom. The number of fused-ring (bicyclic) bond motifs is 1. The molecule has 0 spiro atoms. The first kappa shape index (κ1) is 19.2. The predicted octanol–water partition coefficient (Wildman–Crippen LogP) is 4.31. The molecule has 148 valence electrons. The van der Waals surface area contributed by atoms with E-state index in [1.54, 1.807) is 12.1 Å². The van der Waals surface area contributed by atoms with Crippen LogP contribution < -0.4 is 5.32 Å². The number of rotatable bonds is 5. The third-order valence-corrected chi connectivity index (χ3v) is 6.38. The Morgan fingerprint density at radius 2 is 1.76 bits per heavy atom. The monoisotopic (exact) mass is 433 g/mol. The number of nitrogens with one attached hydrogen (secondary N) is 1. The van der Waals surface area contributed by atoms with Crippen LogP contribution in [0.15, 0.2) is 71.2 Å². The minimum absolute atomic E-state index is 0.150. The van der Waals surface area contributed by atoms with Gasteiger partial charge >= 0.3 is 5.76 Å². The Kier molecular flexibility index (Phi) is 4.89. The number of carbonyl (C=O) groups is 1. The van der Waals surface area contributed by atoms with Crippen LogP contribution in [-0.2, 0) is 9.84 Å². The fourth-order valence-electron chi connectivity index (χ4n) is 2.69. The third-order valence-electron chi connectivity index (χ3n) is 4.21. The number of imidazole rings is 1. The summed E-state index contributed by atoms with van der Waals surface area (Å²) in [6, 6.07) is 11.4. The Hall–Kier alpha value is -3.11. The van der Waals surface area contributed by atoms with E-state index in [1.165, 1.54) is 23.5 Å². The summed E-state index contributed by atoms with van der Waals surface area (Å²) >= 11 is 1.53. The Labute approximate surface area is 168 Å². The summed E-state index contributed by atoms with van der Waals surface area (Å²) in [5.74, 6) is -3.99. The molecule has 0 fully saturated rings. The topological polar surface area (TPSA) is 80.5 Å². The van der Waals surface area contributed by atoms with E-state index >= 15 is 0 Å². The first-order valence-corrected chi connectivity index (χ1v) is 10.7. The SMILES string of the molecule is O=C(Nc1ccc(-c2cn3ccsc3n2)cc1)c1ccc(S(=O)(=O)C(F)F)cc1. The van der Waals surface area contributed by atoms with Crippen LogP contribution in [0.5, 0.6) is 0 Å². The van der Waals surface area contributed by atoms with Crippen molar-refractivity contribution >= 4 is 37.7 Å². The van der Waals surface area contributed by atoms with Gasteiger partial charge < -0.3 is 5.32 Å². The van der Waals surface area contributed by atoms with Gasteiger partial charge in [0.25, 0.3) is 5.91 Å². The van der Waals surface area contributed by atoms with Gasteiger partial charge in [0.2, 0.25) is 9.84 Å². The van der Waals surface area contributed by atoms with Crippen LogP contribution in [-0.4, -0.2) is 29.5 Å². The lowest BCUT2D eigenvalue weighted by atomic mass is 10.1. The van der Waals surface area contributed by atoms with Crippen molar-refractivity contribution in [2.24, 2.45) is 0 Å². The van der Waals surface area contributed by atoms with Crippen LogP contribution in [0.2, 0.25) is 0 Å². The average Bonchev–Trinajstić information content (AvgIpc) is 3.31. The van der Waals surface area contributed by atoms with Crippen molar-refractivity contribution in [3.05, 3.63) is 71.9 Å². The molecular formula is C19H13F2N3O3S2. The molecular weight excluding hydrogens is 420 g/mol. The highest BCUT2D eigenvalue weighted by atomic mass is 32.2. The predicted molar refractivity (Wildman–Crippen MR) is 106 cm³/mol. The lowest BCUT2D eigenvalue weighted by Gasteiger charge is -2.07. The summed E-state index contributed by atoms with van der Waals surface area (Å²) in [5.41, 5.74) is 2.38. The zero-order valence-electron chi connectivity index (χ0n) is 14.6. The number of benzene rings is 2. The summed E-state index contributed by atoms with van der Waals surface area (Å²) in [5, 5.41) is 4.62. The average molecular weight is 433 g/mol. The number of aromatic nitrogens is 2. The smallest absolute Gasteiger partial charge is 0.322 e. The molecule has 0 bridgehead atoms. The van der Waals surface area contributed by atoms with Gasteiger partial charge in [-0.25, -0.2) is 13.4 Å². The molecule has 2 aromatic heterocycles. The Bertz CT molecular complexity index is 1250. The van der Waals surface area contributed by atoms with E-state index in [2.05, 4.69) is 10.3 Å². The van der Waals surface area contributed by atoms with Crippen LogP contribution in [0, 0.1) is 0 Å². The molecule has 2 aromatic carbocycles. The minimum atomic E-state index is -4.69. The minimum Gasteiger partial charge on any atom is -0.322 e. The van der Waals surface area contributed by atoms with Crippen LogP contribution in [0.25, 0.3) is 16.2 Å². The van der Waals surface area contributed by atoms with Crippen LogP contribution in [0.4, 0.5) is 14.5 Å². The van der Waals surface area contributed by atoms with Crippen LogP contribution >= 0.6 is 11.3 Å². The molecule has 29 heavy (non-hydrogen) atoms. The number of anilines is 1. The van der Waals surface area contributed by atoms with Gasteiger partial charge in [-0.3, -0.25) is 9.20 Å². The zero-order chi connectivity index (χ0) is 20.6. The molecule has 0 saturated carbocycles. The molecule has 4 rings (SSSR count). The lowest BCUT2D eigenvalue weighted by Crippen LogP contribution is -2.14. The summed E-state index contributed by atoms with van der Waals surface area (Å²) in [6.07, 6.45) is 3.83. The van der Waals surface area contributed by atoms with Crippen molar-refractivity contribution in [3.8, 4) is 11.3 Å². The first-order chi connectivity index (χ1) is 13.8. The molecule has 0 aliphatic carbocycles. The van der Waals surface area contributed by atoms with E-state index < -0.39 is 26.4 Å². The van der Waals surface area contributed by atoms with Gasteiger partial charge in [-0.05, 0) is 36.4 Å². The number of nitrogens with zero attached hydrogens (tertiary/aromatic N) is 2. The molecule has 0 atom stereocenters. The molecule has 4 aromatic rings. The molecule has 1 amide bonds. The maximum absolute atomic E-state index is 12.6. The van der Waals surface area contributed by atoms with Gasteiger partial charge in [-0.2, -0.15) is 8.78 Å². The second-order valence-corrected chi connectivity index (χ2v) is 8.87. The Balaban J connectivity index is 1.47. The fraction of sp³-hybridized carbons (Fsp3) is 0.0526. The third kappa shape index (κ3) is 3.76. The highest BCUT2D eigenvalue weighted by Crippen LogP contribution is 2.24. The summed E-state index contributed by atoms with van der Waals surface area (Å²) in [6.45, 7) is 0. The van der Waals surface area contributed by atoms with Gasteiger partial charge in [0.15, 0.2) is 4.96 Å². The van der Waals surface area contributed by atoms with Crippen molar-refractivity contribution in [1.82, 2.24) is 9.38 Å².